The Balaban J connectivity index is 1.69. The van der Waals surface area contributed by atoms with Gasteiger partial charge in [-0.25, -0.2) is 0 Å². The van der Waals surface area contributed by atoms with E-state index in [4.69, 9.17) is 4.98 Å². The Morgan fingerprint density at radius 2 is 1.32 bits per heavy atom. The van der Waals surface area contributed by atoms with Gasteiger partial charge in [0.15, 0.2) is 0 Å². The lowest BCUT2D eigenvalue weighted by atomic mass is 10.0. The molecule has 1 aromatic heterocycles. The largest absolute Gasteiger partial charge is 0.256 e. The summed E-state index contributed by atoms with van der Waals surface area (Å²) in [5.41, 5.74) is 7.69. The van der Waals surface area contributed by atoms with Crippen LogP contribution in [0.25, 0.3) is 33.5 Å². The Morgan fingerprint density at radius 1 is 0.645 bits per heavy atom. The summed E-state index contributed by atoms with van der Waals surface area (Å²) in [5.74, 6) is 0. The highest BCUT2D eigenvalue weighted by Gasteiger charge is 2.37. The fourth-order valence-electron chi connectivity index (χ4n) is 4.92. The lowest BCUT2D eigenvalue weighted by molar-refractivity contribution is 1.34. The molecule has 0 radical (unpaired) electrons. The van der Waals surface area contributed by atoms with Crippen LogP contribution >= 0.6 is 0 Å². The van der Waals surface area contributed by atoms with Gasteiger partial charge in [-0.2, -0.15) is 0 Å². The van der Waals surface area contributed by atoms with Crippen LogP contribution in [0.5, 0.6) is 0 Å². The number of rotatable bonds is 3. The van der Waals surface area contributed by atoms with Crippen molar-refractivity contribution in [3.05, 3.63) is 85.1 Å². The lowest BCUT2D eigenvalue weighted by Crippen LogP contribution is -2.49. The number of nitrogens with zero attached hydrogens (tertiary/aromatic N) is 1. The fourth-order valence-corrected chi connectivity index (χ4v) is 9.50. The molecule has 3 heteroatoms. The minimum Gasteiger partial charge on any atom is -0.256 e. The second kappa shape index (κ2) is 7.15. The summed E-state index contributed by atoms with van der Waals surface area (Å²) in [6.07, 6.45) is 2.05. The summed E-state index contributed by atoms with van der Waals surface area (Å²) < 4.78 is 0. The van der Waals surface area contributed by atoms with Gasteiger partial charge in [-0.3, -0.25) is 4.98 Å². The second-order valence-electron chi connectivity index (χ2n) is 10.2. The van der Waals surface area contributed by atoms with E-state index in [9.17, 15) is 0 Å². The molecule has 1 nitrogen and oxygen atoms in total. The van der Waals surface area contributed by atoms with E-state index in [1.54, 1.807) is 10.4 Å². The molecule has 2 heterocycles. The monoisotopic (exact) mass is 435 g/mol. The summed E-state index contributed by atoms with van der Waals surface area (Å²) in [6, 6.07) is 29.1. The van der Waals surface area contributed by atoms with Crippen molar-refractivity contribution in [2.24, 2.45) is 0 Å². The van der Waals surface area contributed by atoms with Gasteiger partial charge in [0.25, 0.3) is 0 Å². The van der Waals surface area contributed by atoms with E-state index in [0.29, 0.717) is 0 Å². The quantitative estimate of drug-likeness (QED) is 0.373. The van der Waals surface area contributed by atoms with Gasteiger partial charge in [-0.1, -0.05) is 106 Å². The van der Waals surface area contributed by atoms with Crippen molar-refractivity contribution < 1.29 is 0 Å². The van der Waals surface area contributed by atoms with Crippen LogP contribution in [0.4, 0.5) is 0 Å². The fraction of sp³-hybridized carbons (Fsp3) is 0.179. The Kier molecular flexibility index (Phi) is 4.65. The Hall–Kier alpha value is -2.76. The standard InChI is InChI=1S/C28H29NSi2/c1-30(2,3)27-18-22(20-11-7-6-8-12-20)19-29-28(27)21-15-16-26-24(17-21)23-13-9-10-14-25(23)31(26,4)5/h6-19H,1-5H3. The van der Waals surface area contributed by atoms with Gasteiger partial charge in [0.2, 0.25) is 0 Å². The molecule has 0 N–H and O–H groups in total. The SMILES string of the molecule is C[Si](C)(C)c1cc(-c2ccccc2)cnc1-c1ccc2c(c1)-c1ccccc1[Si]2(C)C. The maximum Gasteiger partial charge on any atom is 0.113 e. The van der Waals surface area contributed by atoms with Crippen molar-refractivity contribution in [3.8, 4) is 33.5 Å². The average Bonchev–Trinajstić information content (AvgIpc) is 3.00. The average molecular weight is 436 g/mol. The topological polar surface area (TPSA) is 12.9 Å². The third-order valence-electron chi connectivity index (χ3n) is 6.66. The van der Waals surface area contributed by atoms with Gasteiger partial charge in [-0.05, 0) is 43.9 Å². The highest BCUT2D eigenvalue weighted by atomic mass is 28.3. The number of benzene rings is 3. The number of fused-ring (bicyclic) bond motifs is 3. The van der Waals surface area contributed by atoms with Crippen molar-refractivity contribution in [1.82, 2.24) is 4.98 Å². The molecule has 1 aliphatic heterocycles. The summed E-state index contributed by atoms with van der Waals surface area (Å²) in [5, 5.41) is 4.53. The molecule has 0 amide bonds. The first-order valence-electron chi connectivity index (χ1n) is 11.1. The highest BCUT2D eigenvalue weighted by molar-refractivity contribution is 7.03. The van der Waals surface area contributed by atoms with Crippen LogP contribution in [-0.4, -0.2) is 21.1 Å². The lowest BCUT2D eigenvalue weighted by Gasteiger charge is -2.22. The van der Waals surface area contributed by atoms with E-state index >= 15 is 0 Å². The minimum atomic E-state index is -1.62. The smallest absolute Gasteiger partial charge is 0.113 e. The van der Waals surface area contributed by atoms with Crippen LogP contribution in [-0.2, 0) is 0 Å². The molecule has 0 unspecified atom stereocenters. The van der Waals surface area contributed by atoms with Crippen LogP contribution in [0, 0.1) is 0 Å². The molecule has 0 spiro atoms. The normalized spacial score (nSPS) is 14.2. The van der Waals surface area contributed by atoms with Gasteiger partial charge >= 0.3 is 0 Å². The van der Waals surface area contributed by atoms with Crippen molar-refractivity contribution in [2.45, 2.75) is 32.7 Å². The molecule has 5 rings (SSSR count). The molecular formula is C28H29NSi2. The molecule has 31 heavy (non-hydrogen) atoms. The highest BCUT2D eigenvalue weighted by Crippen LogP contribution is 2.32. The van der Waals surface area contributed by atoms with Crippen molar-refractivity contribution in [3.63, 3.8) is 0 Å². The van der Waals surface area contributed by atoms with E-state index in [2.05, 4.69) is 112 Å². The van der Waals surface area contributed by atoms with Gasteiger partial charge in [0, 0.05) is 11.8 Å². The molecule has 0 atom stereocenters. The summed E-state index contributed by atoms with van der Waals surface area (Å²) in [7, 11) is -3.22. The van der Waals surface area contributed by atoms with Crippen LogP contribution in [0.1, 0.15) is 0 Å². The summed E-state index contributed by atoms with van der Waals surface area (Å²) >= 11 is 0. The van der Waals surface area contributed by atoms with E-state index in [0.717, 1.165) is 5.69 Å². The first kappa shape index (κ1) is 20.2. The molecular weight excluding hydrogens is 406 g/mol. The maximum absolute atomic E-state index is 5.06. The molecule has 3 aromatic carbocycles. The zero-order valence-corrected chi connectivity index (χ0v) is 21.0. The number of hydrogen-bond donors (Lipinski definition) is 0. The minimum absolute atomic E-state index is 1.16. The Labute approximate surface area is 187 Å². The van der Waals surface area contributed by atoms with E-state index < -0.39 is 16.1 Å². The molecule has 0 saturated heterocycles. The molecule has 4 aromatic rings. The van der Waals surface area contributed by atoms with Gasteiger partial charge in [0.1, 0.15) is 8.07 Å². The van der Waals surface area contributed by atoms with Crippen molar-refractivity contribution in [2.75, 3.05) is 0 Å². The molecule has 154 valence electrons. The predicted molar refractivity (Wildman–Crippen MR) is 140 cm³/mol. The zero-order chi connectivity index (χ0) is 21.8. The number of pyridine rings is 1. The third-order valence-corrected chi connectivity index (χ3v) is 12.2. The van der Waals surface area contributed by atoms with Crippen molar-refractivity contribution in [1.29, 1.82) is 0 Å². The molecule has 0 bridgehead atoms. The molecule has 0 saturated carbocycles. The zero-order valence-electron chi connectivity index (χ0n) is 19.0. The molecule has 1 aliphatic rings. The van der Waals surface area contributed by atoms with E-state index in [1.165, 1.54) is 33.0 Å². The van der Waals surface area contributed by atoms with Crippen LogP contribution in [0.2, 0.25) is 32.7 Å². The number of aromatic nitrogens is 1. The van der Waals surface area contributed by atoms with E-state index in [1.807, 2.05) is 6.20 Å². The Bertz CT molecular complexity index is 1280. The number of hydrogen-bond acceptors (Lipinski definition) is 1. The van der Waals surface area contributed by atoms with Crippen LogP contribution in [0.15, 0.2) is 85.1 Å². The third kappa shape index (κ3) is 3.33. The van der Waals surface area contributed by atoms with E-state index in [-0.39, 0.29) is 0 Å². The maximum atomic E-state index is 5.06. The summed E-state index contributed by atoms with van der Waals surface area (Å²) in [4.78, 5) is 5.06. The van der Waals surface area contributed by atoms with Crippen LogP contribution in [0.3, 0.4) is 0 Å². The van der Waals surface area contributed by atoms with Gasteiger partial charge in [0.05, 0.1) is 13.8 Å². The first-order valence-corrected chi connectivity index (χ1v) is 17.6. The molecule has 0 aliphatic carbocycles. The first-order chi connectivity index (χ1) is 14.8. The van der Waals surface area contributed by atoms with Crippen molar-refractivity contribution >= 4 is 31.7 Å². The summed E-state index contributed by atoms with van der Waals surface area (Å²) in [6.45, 7) is 12.2. The van der Waals surface area contributed by atoms with Crippen LogP contribution < -0.4 is 15.6 Å². The van der Waals surface area contributed by atoms with Gasteiger partial charge in [-0.15, -0.1) is 0 Å². The second-order valence-corrected chi connectivity index (χ2v) is 19.5. The van der Waals surface area contributed by atoms with Gasteiger partial charge < -0.3 is 0 Å². The molecule has 0 fully saturated rings. The Morgan fingerprint density at radius 3 is 2.06 bits per heavy atom. The predicted octanol–water partition coefficient (Wildman–Crippen LogP) is 5.76.